The molecule has 11 heteroatoms. The lowest BCUT2D eigenvalue weighted by Gasteiger charge is -2.23. The second-order valence-electron chi connectivity index (χ2n) is 7.57. The van der Waals surface area contributed by atoms with E-state index in [4.69, 9.17) is 4.74 Å². The van der Waals surface area contributed by atoms with Gasteiger partial charge in [-0.1, -0.05) is 6.07 Å². The fourth-order valence-electron chi connectivity index (χ4n) is 3.65. The number of benzene rings is 1. The quantitative estimate of drug-likeness (QED) is 0.588. The zero-order valence-corrected chi connectivity index (χ0v) is 18.6. The lowest BCUT2D eigenvalue weighted by Crippen LogP contribution is -2.38. The number of rotatable bonds is 5. The van der Waals surface area contributed by atoms with E-state index in [1.54, 1.807) is 22.6 Å². The van der Waals surface area contributed by atoms with E-state index < -0.39 is 0 Å². The molecule has 2 amide bonds. The Morgan fingerprint density at radius 3 is 2.73 bits per heavy atom. The van der Waals surface area contributed by atoms with Crippen LogP contribution in [-0.2, 0) is 4.74 Å². The normalized spacial score (nSPS) is 14.0. The Kier molecular flexibility index (Phi) is 6.77. The minimum Gasteiger partial charge on any atom is -0.462 e. The Bertz CT molecular complexity index is 1110. The molecular weight excluding hydrogens is 424 g/mol. The van der Waals surface area contributed by atoms with E-state index in [1.807, 2.05) is 37.3 Å². The van der Waals surface area contributed by atoms with Gasteiger partial charge < -0.3 is 19.9 Å². The third-order valence-electron chi connectivity index (χ3n) is 5.33. The molecule has 3 heterocycles. The number of aromatic nitrogens is 5. The molecule has 0 saturated carbocycles. The molecule has 4 rings (SSSR count). The fourth-order valence-corrected chi connectivity index (χ4v) is 3.65. The minimum atomic E-state index is -0.380. The first-order valence-corrected chi connectivity index (χ1v) is 10.8. The maximum absolute atomic E-state index is 12.9. The van der Waals surface area contributed by atoms with Crippen molar-refractivity contribution in [2.45, 2.75) is 20.3 Å². The Labute approximate surface area is 191 Å². The molecule has 1 aliphatic heterocycles. The van der Waals surface area contributed by atoms with Crippen LogP contribution >= 0.6 is 0 Å². The number of aryl methyl sites for hydroxylation is 1. The Balaban J connectivity index is 1.36. The van der Waals surface area contributed by atoms with Crippen molar-refractivity contribution in [3.63, 3.8) is 0 Å². The van der Waals surface area contributed by atoms with Crippen LogP contribution in [0.4, 0.5) is 16.3 Å². The molecule has 11 nitrogen and oxygen atoms in total. The van der Waals surface area contributed by atoms with Crippen LogP contribution < -0.4 is 10.2 Å². The molecule has 1 N–H and O–H groups in total. The number of nitrogens with zero attached hydrogens (tertiary/aromatic N) is 7. The number of urea groups is 1. The number of esters is 1. The number of nitrogens with one attached hydrogen (secondary N) is 1. The van der Waals surface area contributed by atoms with Gasteiger partial charge in [-0.3, -0.25) is 0 Å². The van der Waals surface area contributed by atoms with Gasteiger partial charge in [0.25, 0.3) is 0 Å². The van der Waals surface area contributed by atoms with Gasteiger partial charge in [0.05, 0.1) is 17.9 Å². The van der Waals surface area contributed by atoms with Crippen molar-refractivity contribution in [3.8, 4) is 5.69 Å². The highest BCUT2D eigenvalue weighted by atomic mass is 16.5. The summed E-state index contributed by atoms with van der Waals surface area (Å²) in [6, 6.07) is 10.8. The van der Waals surface area contributed by atoms with E-state index in [0.29, 0.717) is 43.3 Å². The summed E-state index contributed by atoms with van der Waals surface area (Å²) in [6.07, 6.45) is 2.33. The lowest BCUT2D eigenvalue weighted by molar-refractivity contribution is 0.0526. The average Bonchev–Trinajstić information content (AvgIpc) is 3.10. The van der Waals surface area contributed by atoms with E-state index in [1.165, 1.54) is 6.20 Å². The fraction of sp³-hybridized carbons (Fsp3) is 0.364. The van der Waals surface area contributed by atoms with Crippen LogP contribution in [0, 0.1) is 6.92 Å². The van der Waals surface area contributed by atoms with E-state index in [9.17, 15) is 9.59 Å². The van der Waals surface area contributed by atoms with Crippen LogP contribution in [0.2, 0.25) is 0 Å². The van der Waals surface area contributed by atoms with Crippen LogP contribution in [0.1, 0.15) is 29.5 Å². The lowest BCUT2D eigenvalue weighted by atomic mass is 10.2. The van der Waals surface area contributed by atoms with E-state index in [0.717, 1.165) is 24.5 Å². The molecule has 1 saturated heterocycles. The third-order valence-corrected chi connectivity index (χ3v) is 5.33. The number of carbonyl (C=O) groups is 2. The number of hydrogen-bond donors (Lipinski definition) is 1. The summed E-state index contributed by atoms with van der Waals surface area (Å²) in [5, 5.41) is 14.5. The van der Waals surface area contributed by atoms with Crippen molar-refractivity contribution in [1.82, 2.24) is 30.1 Å². The van der Waals surface area contributed by atoms with Crippen molar-refractivity contribution in [1.29, 1.82) is 0 Å². The molecular formula is C22H26N8O3. The van der Waals surface area contributed by atoms with Gasteiger partial charge in [0, 0.05) is 38.1 Å². The van der Waals surface area contributed by atoms with Gasteiger partial charge in [0.2, 0.25) is 0 Å². The first-order chi connectivity index (χ1) is 16.0. The van der Waals surface area contributed by atoms with Crippen molar-refractivity contribution in [3.05, 3.63) is 54.0 Å². The minimum absolute atomic E-state index is 0.159. The summed E-state index contributed by atoms with van der Waals surface area (Å²) >= 11 is 0. The Hall–Kier alpha value is -4.02. The van der Waals surface area contributed by atoms with Crippen LogP contribution in [-0.4, -0.2) is 74.9 Å². The average molecular weight is 451 g/mol. The zero-order chi connectivity index (χ0) is 23.2. The molecule has 2 aromatic heterocycles. The second-order valence-corrected chi connectivity index (χ2v) is 7.57. The first kappa shape index (κ1) is 22.2. The third kappa shape index (κ3) is 5.25. The number of hydrogen-bond acceptors (Lipinski definition) is 8. The second kappa shape index (κ2) is 10.1. The van der Waals surface area contributed by atoms with Crippen molar-refractivity contribution in [2.75, 3.05) is 43.0 Å². The summed E-state index contributed by atoms with van der Waals surface area (Å²) in [6.45, 7) is 6.51. The predicted octanol–water partition coefficient (Wildman–Crippen LogP) is 2.29. The molecule has 33 heavy (non-hydrogen) atoms. The van der Waals surface area contributed by atoms with Crippen LogP contribution in [0.5, 0.6) is 0 Å². The molecule has 1 fully saturated rings. The molecule has 0 unspecified atom stereocenters. The van der Waals surface area contributed by atoms with Gasteiger partial charge >= 0.3 is 12.0 Å². The van der Waals surface area contributed by atoms with Gasteiger partial charge in [-0.15, -0.1) is 5.10 Å². The number of amides is 2. The SMILES string of the molecule is CCOC(=O)c1ccc(N2CCCN(C(=O)Nc3cccc(-n4nnnc4C)c3)CC2)nc1. The van der Waals surface area contributed by atoms with Crippen molar-refractivity contribution in [2.24, 2.45) is 0 Å². The summed E-state index contributed by atoms with van der Waals surface area (Å²) in [7, 11) is 0. The molecule has 0 atom stereocenters. The molecule has 0 bridgehead atoms. The van der Waals surface area contributed by atoms with Crippen molar-refractivity contribution < 1.29 is 14.3 Å². The highest BCUT2D eigenvalue weighted by Gasteiger charge is 2.20. The number of anilines is 2. The van der Waals surface area contributed by atoms with Gasteiger partial charge in [0.1, 0.15) is 5.82 Å². The monoisotopic (exact) mass is 450 g/mol. The Morgan fingerprint density at radius 2 is 2.00 bits per heavy atom. The largest absolute Gasteiger partial charge is 0.462 e. The molecule has 172 valence electrons. The van der Waals surface area contributed by atoms with E-state index in [2.05, 4.69) is 30.7 Å². The molecule has 0 radical (unpaired) electrons. The summed E-state index contributed by atoms with van der Waals surface area (Å²) in [5.74, 6) is 1.05. The summed E-state index contributed by atoms with van der Waals surface area (Å²) < 4.78 is 6.61. The summed E-state index contributed by atoms with van der Waals surface area (Å²) in [4.78, 5) is 33.0. The molecule has 0 spiro atoms. The predicted molar refractivity (Wildman–Crippen MR) is 122 cm³/mol. The highest BCUT2D eigenvalue weighted by molar-refractivity contribution is 5.90. The number of ether oxygens (including phenoxy) is 1. The van der Waals surface area contributed by atoms with Crippen LogP contribution in [0.3, 0.4) is 0 Å². The summed E-state index contributed by atoms with van der Waals surface area (Å²) in [5.41, 5.74) is 1.87. The molecule has 0 aliphatic carbocycles. The smallest absolute Gasteiger partial charge is 0.339 e. The number of carbonyl (C=O) groups excluding carboxylic acids is 2. The topological polar surface area (TPSA) is 118 Å². The van der Waals surface area contributed by atoms with E-state index in [-0.39, 0.29) is 12.0 Å². The number of tetrazole rings is 1. The molecule has 1 aromatic carbocycles. The van der Waals surface area contributed by atoms with Crippen LogP contribution in [0.25, 0.3) is 5.69 Å². The first-order valence-electron chi connectivity index (χ1n) is 10.8. The van der Waals surface area contributed by atoms with Crippen LogP contribution in [0.15, 0.2) is 42.6 Å². The number of pyridine rings is 1. The van der Waals surface area contributed by atoms with Crippen molar-refractivity contribution >= 4 is 23.5 Å². The van der Waals surface area contributed by atoms with Gasteiger partial charge in [-0.25, -0.2) is 14.6 Å². The molecule has 3 aromatic rings. The van der Waals surface area contributed by atoms with E-state index >= 15 is 0 Å². The zero-order valence-electron chi connectivity index (χ0n) is 18.6. The Morgan fingerprint density at radius 1 is 1.12 bits per heavy atom. The molecule has 1 aliphatic rings. The maximum Gasteiger partial charge on any atom is 0.339 e. The van der Waals surface area contributed by atoms with Gasteiger partial charge in [-0.2, -0.15) is 4.68 Å². The standard InChI is InChI=1S/C22H26N8O3/c1-3-33-21(31)17-8-9-20(23-15-17)28-10-5-11-29(13-12-28)22(32)24-18-6-4-7-19(14-18)30-16(2)25-26-27-30/h4,6-9,14-15H,3,5,10-13H2,1-2H3,(H,24,32). The van der Waals surface area contributed by atoms with Gasteiger partial charge in [0.15, 0.2) is 5.82 Å². The van der Waals surface area contributed by atoms with Gasteiger partial charge in [-0.05, 0) is 61.0 Å². The maximum atomic E-state index is 12.9. The highest BCUT2D eigenvalue weighted by Crippen LogP contribution is 2.18.